The molecule has 31 heavy (non-hydrogen) atoms. The molecule has 0 saturated carbocycles. The second-order valence-corrected chi connectivity index (χ2v) is 9.31. The van der Waals surface area contributed by atoms with E-state index in [1.807, 2.05) is 0 Å². The Kier molecular flexibility index (Phi) is 6.51. The molecule has 1 radical (unpaired) electrons. The summed E-state index contributed by atoms with van der Waals surface area (Å²) in [6, 6.07) is 10.1. The van der Waals surface area contributed by atoms with Crippen LogP contribution in [-0.4, -0.2) is 45.1 Å². The maximum absolute atomic E-state index is 12.5. The van der Waals surface area contributed by atoms with Crippen molar-refractivity contribution in [3.63, 3.8) is 0 Å². The topological polar surface area (TPSA) is 91.0 Å². The fraction of sp³-hybridized carbons (Fsp3) is 0.400. The second kappa shape index (κ2) is 8.65. The van der Waals surface area contributed by atoms with Gasteiger partial charge >= 0.3 is 6.36 Å². The predicted octanol–water partition coefficient (Wildman–Crippen LogP) is 4.10. The number of halogens is 3. The van der Waals surface area contributed by atoms with Crippen molar-refractivity contribution in [1.82, 2.24) is 0 Å². The first-order valence-corrected chi connectivity index (χ1v) is 10.8. The molecule has 1 heterocycles. The standard InChI is InChI=1S/C20H20F3O7S/c1-19(2)27-11-18(30-19)17(24)12-31(25,26)16-9-7-14(8-10-16)28-13-3-5-15(6-4-13)29-20(21,22)23/h3-10,17-18H,11-12H2,1-2H3/t17-,18+/m1/s1. The highest BCUT2D eigenvalue weighted by Crippen LogP contribution is 2.29. The van der Waals surface area contributed by atoms with Gasteiger partial charge in [-0.1, -0.05) is 0 Å². The van der Waals surface area contributed by atoms with Crippen molar-refractivity contribution in [2.24, 2.45) is 0 Å². The van der Waals surface area contributed by atoms with Crippen LogP contribution in [0.3, 0.4) is 0 Å². The van der Waals surface area contributed by atoms with Crippen molar-refractivity contribution >= 4 is 9.84 Å². The summed E-state index contributed by atoms with van der Waals surface area (Å²) in [5.74, 6) is -1.49. The number of rotatable bonds is 7. The van der Waals surface area contributed by atoms with E-state index in [0.29, 0.717) is 0 Å². The van der Waals surface area contributed by atoms with Gasteiger partial charge in [-0.3, -0.25) is 0 Å². The van der Waals surface area contributed by atoms with Crippen LogP contribution < -0.4 is 9.47 Å². The molecular formula is C20H20F3O7S. The van der Waals surface area contributed by atoms with Crippen molar-refractivity contribution in [3.05, 3.63) is 48.5 Å². The zero-order valence-electron chi connectivity index (χ0n) is 16.6. The summed E-state index contributed by atoms with van der Waals surface area (Å²) in [4.78, 5) is -0.0622. The van der Waals surface area contributed by atoms with Gasteiger partial charge in [0.1, 0.15) is 29.5 Å². The molecule has 0 aliphatic carbocycles. The Morgan fingerprint density at radius 2 is 1.55 bits per heavy atom. The smallest absolute Gasteiger partial charge is 0.457 e. The molecule has 3 rings (SSSR count). The molecule has 1 aliphatic heterocycles. The van der Waals surface area contributed by atoms with E-state index in [9.17, 15) is 26.7 Å². The zero-order valence-corrected chi connectivity index (χ0v) is 17.4. The van der Waals surface area contributed by atoms with E-state index in [2.05, 4.69) is 4.74 Å². The highest BCUT2D eigenvalue weighted by molar-refractivity contribution is 7.91. The summed E-state index contributed by atoms with van der Waals surface area (Å²) in [6.07, 6.45) is -7.17. The fourth-order valence-corrected chi connectivity index (χ4v) is 4.27. The van der Waals surface area contributed by atoms with E-state index in [4.69, 9.17) is 14.2 Å². The number of hydrogen-bond acceptors (Lipinski definition) is 6. The van der Waals surface area contributed by atoms with Gasteiger partial charge in [0.25, 0.3) is 0 Å². The molecule has 11 heteroatoms. The minimum atomic E-state index is -4.79. The lowest BCUT2D eigenvalue weighted by Crippen LogP contribution is -2.35. The third kappa shape index (κ3) is 6.57. The van der Waals surface area contributed by atoms with Gasteiger partial charge in [-0.25, -0.2) is 13.5 Å². The largest absolute Gasteiger partial charge is 0.573 e. The molecule has 1 fully saturated rings. The first-order chi connectivity index (χ1) is 14.3. The van der Waals surface area contributed by atoms with Crippen LogP contribution in [0.25, 0.3) is 0 Å². The lowest BCUT2D eigenvalue weighted by Gasteiger charge is -2.19. The number of hydrogen-bond donors (Lipinski definition) is 0. The number of ether oxygens (including phenoxy) is 4. The summed E-state index contributed by atoms with van der Waals surface area (Å²) >= 11 is 0. The summed E-state index contributed by atoms with van der Waals surface area (Å²) in [6.45, 7) is 3.31. The van der Waals surface area contributed by atoms with Gasteiger partial charge in [-0.05, 0) is 62.4 Å². The van der Waals surface area contributed by atoms with Gasteiger partial charge in [0.15, 0.2) is 15.6 Å². The molecule has 0 aromatic heterocycles. The molecule has 1 saturated heterocycles. The molecule has 0 bridgehead atoms. The molecule has 0 unspecified atom stereocenters. The van der Waals surface area contributed by atoms with E-state index in [1.54, 1.807) is 13.8 Å². The summed E-state index contributed by atoms with van der Waals surface area (Å²) in [5.41, 5.74) is 0. The molecule has 2 atom stereocenters. The Labute approximate surface area is 177 Å². The Bertz CT molecular complexity index is 987. The quantitative estimate of drug-likeness (QED) is 0.617. The molecule has 2 aromatic rings. The summed E-state index contributed by atoms with van der Waals surface area (Å²) < 4.78 is 81.6. The third-order valence-corrected chi connectivity index (χ3v) is 6.06. The monoisotopic (exact) mass is 461 g/mol. The molecule has 2 aromatic carbocycles. The molecule has 0 amide bonds. The van der Waals surface area contributed by atoms with Crippen LogP contribution >= 0.6 is 0 Å². The van der Waals surface area contributed by atoms with Crippen molar-refractivity contribution in [2.45, 2.75) is 43.1 Å². The number of sulfone groups is 1. The highest BCUT2D eigenvalue weighted by Gasteiger charge is 2.39. The van der Waals surface area contributed by atoms with Crippen LogP contribution in [0.4, 0.5) is 13.2 Å². The summed E-state index contributed by atoms with van der Waals surface area (Å²) in [7, 11) is -3.87. The van der Waals surface area contributed by atoms with Crippen LogP contribution in [0, 0.1) is 0 Å². The third-order valence-electron chi connectivity index (χ3n) is 4.30. The van der Waals surface area contributed by atoms with Crippen molar-refractivity contribution in [1.29, 1.82) is 0 Å². The lowest BCUT2D eigenvalue weighted by atomic mass is 10.2. The molecule has 169 valence electrons. The fourth-order valence-electron chi connectivity index (χ4n) is 2.88. The van der Waals surface area contributed by atoms with E-state index in [-0.39, 0.29) is 23.0 Å². The molecule has 1 aliphatic rings. The van der Waals surface area contributed by atoms with E-state index in [0.717, 1.165) is 12.1 Å². The average molecular weight is 461 g/mol. The van der Waals surface area contributed by atoms with Crippen molar-refractivity contribution in [2.75, 3.05) is 12.4 Å². The lowest BCUT2D eigenvalue weighted by molar-refractivity contribution is -0.274. The predicted molar refractivity (Wildman–Crippen MR) is 101 cm³/mol. The van der Waals surface area contributed by atoms with Gasteiger partial charge in [0.2, 0.25) is 0 Å². The Hall–Kier alpha value is -2.34. The van der Waals surface area contributed by atoms with Gasteiger partial charge in [-0.2, -0.15) is 0 Å². The van der Waals surface area contributed by atoms with Crippen LogP contribution in [0.15, 0.2) is 53.4 Å². The van der Waals surface area contributed by atoms with Crippen molar-refractivity contribution in [3.8, 4) is 17.2 Å². The van der Waals surface area contributed by atoms with Gasteiger partial charge in [-0.15, -0.1) is 13.2 Å². The van der Waals surface area contributed by atoms with Gasteiger partial charge < -0.3 is 18.9 Å². The van der Waals surface area contributed by atoms with Crippen LogP contribution in [-0.2, 0) is 24.4 Å². The molecule has 7 nitrogen and oxygen atoms in total. The maximum atomic E-state index is 12.5. The molecular weight excluding hydrogens is 441 g/mol. The number of benzene rings is 2. The van der Waals surface area contributed by atoms with Gasteiger partial charge in [0, 0.05) is 0 Å². The highest BCUT2D eigenvalue weighted by atomic mass is 32.2. The van der Waals surface area contributed by atoms with E-state index >= 15 is 0 Å². The van der Waals surface area contributed by atoms with Gasteiger partial charge in [0.05, 0.1) is 17.3 Å². The first-order valence-electron chi connectivity index (χ1n) is 9.17. The van der Waals surface area contributed by atoms with E-state index < -0.39 is 45.7 Å². The maximum Gasteiger partial charge on any atom is 0.573 e. The number of alkyl halides is 3. The SMILES string of the molecule is CC1(C)OC[C@@H]([C@H]([O])CS(=O)(=O)c2ccc(Oc3ccc(OC(F)(F)F)cc3)cc2)O1. The molecule has 0 N–H and O–H groups in total. The van der Waals surface area contributed by atoms with E-state index in [1.165, 1.54) is 36.4 Å². The second-order valence-electron chi connectivity index (χ2n) is 7.28. The Morgan fingerprint density at radius 1 is 1.03 bits per heavy atom. The molecule has 0 spiro atoms. The first kappa shape index (κ1) is 23.3. The van der Waals surface area contributed by atoms with Crippen LogP contribution in [0.5, 0.6) is 17.2 Å². The average Bonchev–Trinajstić information content (AvgIpc) is 3.02. The Morgan fingerprint density at radius 3 is 2.03 bits per heavy atom. The normalized spacial score (nSPS) is 19.7. The minimum absolute atomic E-state index is 0.0241. The van der Waals surface area contributed by atoms with Crippen LogP contribution in [0.1, 0.15) is 13.8 Å². The van der Waals surface area contributed by atoms with Crippen LogP contribution in [0.2, 0.25) is 0 Å². The van der Waals surface area contributed by atoms with Crippen molar-refractivity contribution < 1.29 is 45.6 Å². The summed E-state index contributed by atoms with van der Waals surface area (Å²) in [5, 5.41) is 12.3. The minimum Gasteiger partial charge on any atom is -0.457 e. The Balaban J connectivity index is 1.61. The zero-order chi connectivity index (χ0) is 22.9.